The van der Waals surface area contributed by atoms with E-state index in [9.17, 15) is 4.79 Å². The summed E-state index contributed by atoms with van der Waals surface area (Å²) in [5.41, 5.74) is 2.60. The van der Waals surface area contributed by atoms with Crippen molar-refractivity contribution >= 4 is 5.78 Å². The molecule has 0 aliphatic heterocycles. The van der Waals surface area contributed by atoms with E-state index in [-0.39, 0.29) is 5.92 Å². The molecule has 0 N–H and O–H groups in total. The Morgan fingerprint density at radius 1 is 0.850 bits per heavy atom. The molecule has 2 aromatic rings. The smallest absolute Gasteiger partial charge is 0.136 e. The Labute approximate surface area is 120 Å². The van der Waals surface area contributed by atoms with Crippen molar-refractivity contribution in [1.82, 2.24) is 0 Å². The van der Waals surface area contributed by atoms with Gasteiger partial charge in [-0.25, -0.2) is 0 Å². The van der Waals surface area contributed by atoms with Crippen LogP contribution in [0.3, 0.4) is 0 Å². The highest BCUT2D eigenvalue weighted by Gasteiger charge is 2.35. The molecule has 3 atom stereocenters. The first-order valence-corrected chi connectivity index (χ1v) is 7.38. The highest BCUT2D eigenvalue weighted by atomic mass is 16.1. The van der Waals surface area contributed by atoms with E-state index in [1.807, 2.05) is 12.1 Å². The summed E-state index contributed by atoms with van der Waals surface area (Å²) in [4.78, 5) is 12.4. The lowest BCUT2D eigenvalue weighted by atomic mass is 9.69. The molecule has 0 radical (unpaired) electrons. The monoisotopic (exact) mass is 264 g/mol. The normalized spacial score (nSPS) is 26.4. The van der Waals surface area contributed by atoms with Gasteiger partial charge in [-0.2, -0.15) is 0 Å². The number of carbonyl (C=O) groups excluding carboxylic acids is 1. The van der Waals surface area contributed by atoms with E-state index in [1.54, 1.807) is 0 Å². The Kier molecular flexibility index (Phi) is 3.68. The first-order valence-electron chi connectivity index (χ1n) is 7.38. The molecular weight excluding hydrogens is 244 g/mol. The minimum absolute atomic E-state index is 0.136. The summed E-state index contributed by atoms with van der Waals surface area (Å²) in [5, 5.41) is 0. The number of hydrogen-bond donors (Lipinski definition) is 0. The third-order valence-electron chi connectivity index (χ3n) is 4.60. The van der Waals surface area contributed by atoms with E-state index in [2.05, 4.69) is 55.5 Å². The zero-order valence-electron chi connectivity index (χ0n) is 11.8. The zero-order chi connectivity index (χ0) is 13.9. The van der Waals surface area contributed by atoms with Gasteiger partial charge in [-0.15, -0.1) is 0 Å². The van der Waals surface area contributed by atoms with Gasteiger partial charge >= 0.3 is 0 Å². The number of hydrogen-bond acceptors (Lipinski definition) is 1. The predicted molar refractivity (Wildman–Crippen MR) is 81.8 cm³/mol. The van der Waals surface area contributed by atoms with Crippen LogP contribution >= 0.6 is 0 Å². The van der Waals surface area contributed by atoms with Crippen LogP contribution in [0.15, 0.2) is 60.7 Å². The lowest BCUT2D eigenvalue weighted by Crippen LogP contribution is -2.29. The molecule has 0 heterocycles. The fourth-order valence-corrected chi connectivity index (χ4v) is 3.35. The molecular formula is C19H20O. The Bertz CT molecular complexity index is 573. The second kappa shape index (κ2) is 5.62. The molecule has 3 unspecified atom stereocenters. The Hall–Kier alpha value is -1.89. The van der Waals surface area contributed by atoms with Crippen molar-refractivity contribution in [2.75, 3.05) is 0 Å². The highest BCUT2D eigenvalue weighted by molar-refractivity contribution is 5.83. The predicted octanol–water partition coefficient (Wildman–Crippen LogP) is 4.55. The van der Waals surface area contributed by atoms with Crippen LogP contribution in [0, 0.1) is 5.92 Å². The van der Waals surface area contributed by atoms with Gasteiger partial charge in [-0.05, 0) is 29.4 Å². The van der Waals surface area contributed by atoms with Crippen LogP contribution in [0.5, 0.6) is 0 Å². The lowest BCUT2D eigenvalue weighted by molar-refractivity contribution is -0.125. The number of rotatable bonds is 2. The lowest BCUT2D eigenvalue weighted by Gasteiger charge is -2.34. The van der Waals surface area contributed by atoms with Crippen LogP contribution in [0.1, 0.15) is 42.7 Å². The van der Waals surface area contributed by atoms with Crippen molar-refractivity contribution in [2.45, 2.75) is 31.6 Å². The van der Waals surface area contributed by atoms with Crippen molar-refractivity contribution < 1.29 is 4.79 Å². The van der Waals surface area contributed by atoms with Gasteiger partial charge in [0.15, 0.2) is 0 Å². The first kappa shape index (κ1) is 13.1. The van der Waals surface area contributed by atoms with Gasteiger partial charge in [-0.3, -0.25) is 4.79 Å². The van der Waals surface area contributed by atoms with Gasteiger partial charge in [-0.1, -0.05) is 67.6 Å². The molecule has 0 saturated heterocycles. The molecule has 1 fully saturated rings. The summed E-state index contributed by atoms with van der Waals surface area (Å²) >= 11 is 0. The standard InChI is InChI=1S/C19H20O/c1-14-18(16-10-6-3-7-11-16)12-17(13-19(14)20)15-8-4-2-5-9-15/h2-11,14,17-18H,12-13H2,1H3. The van der Waals surface area contributed by atoms with E-state index >= 15 is 0 Å². The molecule has 1 aliphatic carbocycles. The van der Waals surface area contributed by atoms with Crippen molar-refractivity contribution in [3.8, 4) is 0 Å². The second-order valence-corrected chi connectivity index (χ2v) is 5.82. The molecule has 1 nitrogen and oxygen atoms in total. The molecule has 0 spiro atoms. The van der Waals surface area contributed by atoms with Crippen LogP contribution in [0.25, 0.3) is 0 Å². The maximum Gasteiger partial charge on any atom is 0.136 e. The summed E-state index contributed by atoms with van der Waals surface area (Å²) in [6, 6.07) is 20.9. The van der Waals surface area contributed by atoms with E-state index in [1.165, 1.54) is 11.1 Å². The quantitative estimate of drug-likeness (QED) is 0.777. The van der Waals surface area contributed by atoms with E-state index in [0.29, 0.717) is 24.0 Å². The van der Waals surface area contributed by atoms with Gasteiger partial charge in [0.1, 0.15) is 5.78 Å². The summed E-state index contributed by atoms with van der Waals surface area (Å²) in [6.07, 6.45) is 1.76. The van der Waals surface area contributed by atoms with Crippen LogP contribution < -0.4 is 0 Å². The third-order valence-corrected chi connectivity index (χ3v) is 4.60. The van der Waals surface area contributed by atoms with Gasteiger partial charge in [0.2, 0.25) is 0 Å². The van der Waals surface area contributed by atoms with Crippen molar-refractivity contribution in [1.29, 1.82) is 0 Å². The molecule has 3 rings (SSSR count). The molecule has 2 aromatic carbocycles. The van der Waals surface area contributed by atoms with Gasteiger partial charge < -0.3 is 0 Å². The molecule has 0 bridgehead atoms. The molecule has 1 saturated carbocycles. The molecule has 20 heavy (non-hydrogen) atoms. The van der Waals surface area contributed by atoms with E-state index < -0.39 is 0 Å². The number of Topliss-reactive ketones (excluding diaryl/α,β-unsaturated/α-hetero) is 1. The van der Waals surface area contributed by atoms with Crippen LogP contribution in [0.4, 0.5) is 0 Å². The SMILES string of the molecule is CC1C(=O)CC(c2ccccc2)CC1c1ccccc1. The average molecular weight is 264 g/mol. The molecule has 1 heteroatoms. The number of benzene rings is 2. The molecule has 0 aromatic heterocycles. The molecule has 1 aliphatic rings. The van der Waals surface area contributed by atoms with E-state index in [0.717, 1.165) is 6.42 Å². The maximum atomic E-state index is 12.4. The minimum Gasteiger partial charge on any atom is -0.299 e. The van der Waals surface area contributed by atoms with Gasteiger partial charge in [0.05, 0.1) is 0 Å². The first-order chi connectivity index (χ1) is 9.75. The molecule has 0 amide bonds. The van der Waals surface area contributed by atoms with Crippen molar-refractivity contribution in [2.24, 2.45) is 5.92 Å². The third kappa shape index (κ3) is 2.53. The topological polar surface area (TPSA) is 17.1 Å². The summed E-state index contributed by atoms with van der Waals surface area (Å²) in [7, 11) is 0. The van der Waals surface area contributed by atoms with Crippen LogP contribution in [-0.2, 0) is 4.79 Å². The van der Waals surface area contributed by atoms with Crippen molar-refractivity contribution in [3.63, 3.8) is 0 Å². The molecule has 102 valence electrons. The fraction of sp³-hybridized carbons (Fsp3) is 0.316. The van der Waals surface area contributed by atoms with Gasteiger partial charge in [0, 0.05) is 12.3 Å². The van der Waals surface area contributed by atoms with Crippen molar-refractivity contribution in [3.05, 3.63) is 71.8 Å². The van der Waals surface area contributed by atoms with E-state index in [4.69, 9.17) is 0 Å². The fourth-order valence-electron chi connectivity index (χ4n) is 3.35. The largest absolute Gasteiger partial charge is 0.299 e. The highest BCUT2D eigenvalue weighted by Crippen LogP contribution is 2.42. The number of ketones is 1. The Morgan fingerprint density at radius 2 is 1.40 bits per heavy atom. The maximum absolute atomic E-state index is 12.4. The Morgan fingerprint density at radius 3 is 2.00 bits per heavy atom. The Balaban J connectivity index is 1.89. The van der Waals surface area contributed by atoms with Crippen LogP contribution in [0.2, 0.25) is 0 Å². The zero-order valence-corrected chi connectivity index (χ0v) is 11.8. The average Bonchev–Trinajstić information content (AvgIpc) is 2.51. The minimum atomic E-state index is 0.136. The second-order valence-electron chi connectivity index (χ2n) is 5.82. The summed E-state index contributed by atoms with van der Waals surface area (Å²) < 4.78 is 0. The summed E-state index contributed by atoms with van der Waals surface area (Å²) in [5.74, 6) is 1.25. The number of carbonyl (C=O) groups is 1. The van der Waals surface area contributed by atoms with Crippen LogP contribution in [-0.4, -0.2) is 5.78 Å². The summed E-state index contributed by atoms with van der Waals surface area (Å²) in [6.45, 7) is 2.08. The van der Waals surface area contributed by atoms with Gasteiger partial charge in [0.25, 0.3) is 0 Å².